The maximum Gasteiger partial charge on any atom is 0.317 e. The second kappa shape index (κ2) is 5.40. The fourth-order valence-electron chi connectivity index (χ4n) is 2.03. The van der Waals surface area contributed by atoms with E-state index in [1.54, 1.807) is 12.1 Å². The predicted molar refractivity (Wildman–Crippen MR) is 70.6 cm³/mol. The molecule has 0 bridgehead atoms. The second-order valence-electron chi connectivity index (χ2n) is 5.46. The molecule has 0 aromatic heterocycles. The van der Waals surface area contributed by atoms with Gasteiger partial charge in [0.25, 0.3) is 0 Å². The molecule has 0 aliphatic rings. The minimum atomic E-state index is -0.837. The van der Waals surface area contributed by atoms with E-state index in [9.17, 15) is 9.90 Å². The van der Waals surface area contributed by atoms with Crippen molar-refractivity contribution in [2.75, 3.05) is 6.54 Å². The Morgan fingerprint density at radius 3 is 2.17 bits per heavy atom. The van der Waals surface area contributed by atoms with Crippen LogP contribution in [0.2, 0.25) is 0 Å². The van der Waals surface area contributed by atoms with Crippen LogP contribution in [-0.2, 0) is 4.79 Å². The van der Waals surface area contributed by atoms with Crippen molar-refractivity contribution in [1.29, 1.82) is 0 Å². The Balaban J connectivity index is 2.98. The van der Waals surface area contributed by atoms with E-state index in [1.165, 1.54) is 0 Å². The molecule has 2 N–H and O–H groups in total. The van der Waals surface area contributed by atoms with Gasteiger partial charge in [0.2, 0.25) is 0 Å². The first-order valence-corrected chi connectivity index (χ1v) is 5.99. The molecule has 0 fully saturated rings. The summed E-state index contributed by atoms with van der Waals surface area (Å²) in [5, 5.41) is 18.3. The average Bonchev–Trinajstić information content (AvgIpc) is 2.24. The first-order valence-electron chi connectivity index (χ1n) is 5.99. The monoisotopic (exact) mass is 251 g/mol. The quantitative estimate of drug-likeness (QED) is 0.863. The Kier molecular flexibility index (Phi) is 4.35. The van der Waals surface area contributed by atoms with Crippen LogP contribution in [0.5, 0.6) is 5.75 Å². The smallest absolute Gasteiger partial charge is 0.317 e. The van der Waals surface area contributed by atoms with E-state index < -0.39 is 5.97 Å². The van der Waals surface area contributed by atoms with Gasteiger partial charge in [-0.3, -0.25) is 9.69 Å². The maximum atomic E-state index is 11.0. The molecule has 4 heteroatoms. The Bertz CT molecular complexity index is 406. The lowest BCUT2D eigenvalue weighted by atomic mass is 9.99. The minimum absolute atomic E-state index is 0.00839. The normalized spacial score (nSPS) is 13.6. The molecule has 1 unspecified atom stereocenters. The Morgan fingerprint density at radius 2 is 1.78 bits per heavy atom. The Morgan fingerprint density at radius 1 is 1.28 bits per heavy atom. The summed E-state index contributed by atoms with van der Waals surface area (Å²) in [6.07, 6.45) is 0. The molecule has 0 saturated carbocycles. The number of rotatable bonds is 4. The highest BCUT2D eigenvalue weighted by molar-refractivity contribution is 5.69. The van der Waals surface area contributed by atoms with E-state index in [-0.39, 0.29) is 23.9 Å². The van der Waals surface area contributed by atoms with Crippen molar-refractivity contribution in [3.05, 3.63) is 29.8 Å². The van der Waals surface area contributed by atoms with Crippen molar-refractivity contribution in [2.24, 2.45) is 0 Å². The van der Waals surface area contributed by atoms with Gasteiger partial charge in [0.1, 0.15) is 5.75 Å². The van der Waals surface area contributed by atoms with Crippen molar-refractivity contribution >= 4 is 5.97 Å². The lowest BCUT2D eigenvalue weighted by molar-refractivity contribution is -0.140. The van der Waals surface area contributed by atoms with Gasteiger partial charge in [-0.15, -0.1) is 0 Å². The van der Waals surface area contributed by atoms with Crippen molar-refractivity contribution in [3.8, 4) is 5.75 Å². The number of hydrogen-bond donors (Lipinski definition) is 2. The van der Waals surface area contributed by atoms with Crippen molar-refractivity contribution in [1.82, 2.24) is 4.90 Å². The number of carboxylic acids is 1. The van der Waals surface area contributed by atoms with Crippen molar-refractivity contribution in [3.63, 3.8) is 0 Å². The van der Waals surface area contributed by atoms with Crippen LogP contribution in [0.15, 0.2) is 24.3 Å². The van der Waals surface area contributed by atoms with Crippen molar-refractivity contribution < 1.29 is 15.0 Å². The summed E-state index contributed by atoms with van der Waals surface area (Å²) >= 11 is 0. The molecule has 1 atom stereocenters. The fraction of sp³-hybridized carbons (Fsp3) is 0.500. The molecule has 0 aliphatic carbocycles. The van der Waals surface area contributed by atoms with Gasteiger partial charge in [0.15, 0.2) is 0 Å². The zero-order valence-electron chi connectivity index (χ0n) is 11.3. The highest BCUT2D eigenvalue weighted by atomic mass is 16.4. The van der Waals surface area contributed by atoms with Gasteiger partial charge in [-0.2, -0.15) is 0 Å². The van der Waals surface area contributed by atoms with Crippen LogP contribution in [0.3, 0.4) is 0 Å². The lowest BCUT2D eigenvalue weighted by Gasteiger charge is -2.39. The van der Waals surface area contributed by atoms with Crippen LogP contribution < -0.4 is 0 Å². The fourth-order valence-corrected chi connectivity index (χ4v) is 2.03. The number of benzene rings is 1. The predicted octanol–water partition coefficient (Wildman–Crippen LogP) is 2.64. The number of phenolic OH excluding ortho intramolecular Hbond substituents is 1. The van der Waals surface area contributed by atoms with Gasteiger partial charge in [-0.1, -0.05) is 12.1 Å². The zero-order valence-corrected chi connectivity index (χ0v) is 11.3. The van der Waals surface area contributed by atoms with Crippen LogP contribution in [0.4, 0.5) is 0 Å². The first kappa shape index (κ1) is 14.5. The zero-order chi connectivity index (χ0) is 13.9. The number of aromatic hydroxyl groups is 1. The number of aliphatic carboxylic acids is 1. The second-order valence-corrected chi connectivity index (χ2v) is 5.46. The molecule has 0 spiro atoms. The highest BCUT2D eigenvalue weighted by Gasteiger charge is 2.28. The highest BCUT2D eigenvalue weighted by Crippen LogP contribution is 2.28. The molecule has 1 aromatic carbocycles. The lowest BCUT2D eigenvalue weighted by Crippen LogP contribution is -2.45. The van der Waals surface area contributed by atoms with Crippen molar-refractivity contribution in [2.45, 2.75) is 39.3 Å². The number of nitrogens with zero attached hydrogens (tertiary/aromatic N) is 1. The number of carbonyl (C=O) groups is 1. The van der Waals surface area contributed by atoms with Gasteiger partial charge in [0, 0.05) is 11.6 Å². The largest absolute Gasteiger partial charge is 0.508 e. The molecular weight excluding hydrogens is 230 g/mol. The molecule has 1 aromatic rings. The molecule has 0 saturated heterocycles. The summed E-state index contributed by atoms with van der Waals surface area (Å²) < 4.78 is 0. The van der Waals surface area contributed by atoms with Gasteiger partial charge in [0.05, 0.1) is 6.54 Å². The molecule has 0 radical (unpaired) electrons. The summed E-state index contributed by atoms with van der Waals surface area (Å²) in [5.41, 5.74) is 0.749. The van der Waals surface area contributed by atoms with Gasteiger partial charge in [-0.25, -0.2) is 0 Å². The number of carboxylic acid groups (broad SMARTS) is 1. The SMILES string of the molecule is CC(c1ccc(O)cc1)N(CC(=O)O)C(C)(C)C. The van der Waals surface area contributed by atoms with Crippen LogP contribution in [-0.4, -0.2) is 33.2 Å². The minimum Gasteiger partial charge on any atom is -0.508 e. The Labute approximate surface area is 108 Å². The first-order chi connectivity index (χ1) is 8.21. The summed E-state index contributed by atoms with van der Waals surface area (Å²) in [6.45, 7) is 7.94. The van der Waals surface area contributed by atoms with E-state index >= 15 is 0 Å². The molecule has 0 aliphatic heterocycles. The van der Waals surface area contributed by atoms with Gasteiger partial charge in [-0.05, 0) is 45.4 Å². The van der Waals surface area contributed by atoms with Crippen LogP contribution in [0.1, 0.15) is 39.3 Å². The molecule has 18 heavy (non-hydrogen) atoms. The molecular formula is C14H21NO3. The molecule has 0 amide bonds. The summed E-state index contributed by atoms with van der Waals surface area (Å²) in [4.78, 5) is 12.9. The maximum absolute atomic E-state index is 11.0. The van der Waals surface area contributed by atoms with Gasteiger partial charge >= 0.3 is 5.97 Å². The Hall–Kier alpha value is -1.55. The third kappa shape index (κ3) is 3.74. The summed E-state index contributed by atoms with van der Waals surface area (Å²) in [7, 11) is 0. The molecule has 4 nitrogen and oxygen atoms in total. The van der Waals surface area contributed by atoms with Gasteiger partial charge < -0.3 is 10.2 Å². The number of phenols is 1. The average molecular weight is 251 g/mol. The van der Waals surface area contributed by atoms with E-state index in [4.69, 9.17) is 5.11 Å². The van der Waals surface area contributed by atoms with Crippen LogP contribution in [0, 0.1) is 0 Å². The van der Waals surface area contributed by atoms with E-state index in [0.717, 1.165) is 5.56 Å². The molecule has 100 valence electrons. The van der Waals surface area contributed by atoms with Crippen LogP contribution >= 0.6 is 0 Å². The molecule has 1 rings (SSSR count). The number of hydrogen-bond acceptors (Lipinski definition) is 3. The molecule has 0 heterocycles. The third-order valence-electron chi connectivity index (χ3n) is 3.01. The summed E-state index contributed by atoms with van der Waals surface area (Å²) in [6, 6.07) is 6.85. The van der Waals surface area contributed by atoms with Crippen LogP contribution in [0.25, 0.3) is 0 Å². The van der Waals surface area contributed by atoms with E-state index in [1.807, 2.05) is 44.7 Å². The summed E-state index contributed by atoms with van der Waals surface area (Å²) in [5.74, 6) is -0.623. The topological polar surface area (TPSA) is 60.8 Å². The third-order valence-corrected chi connectivity index (χ3v) is 3.01. The standard InChI is InChI=1S/C14H21NO3/c1-10(11-5-7-12(16)8-6-11)15(9-13(17)18)14(2,3)4/h5-8,10,16H,9H2,1-4H3,(H,17,18). The van der Waals surface area contributed by atoms with E-state index in [0.29, 0.717) is 0 Å². The van der Waals surface area contributed by atoms with E-state index in [2.05, 4.69) is 0 Å².